The minimum Gasteiger partial charge on any atom is -0.464 e. The van der Waals surface area contributed by atoms with Crippen LogP contribution in [0.4, 0.5) is 0 Å². The first-order valence-electron chi connectivity index (χ1n) is 8.10. The summed E-state index contributed by atoms with van der Waals surface area (Å²) in [5.41, 5.74) is -0.232. The highest BCUT2D eigenvalue weighted by molar-refractivity contribution is 5.84. The van der Waals surface area contributed by atoms with Gasteiger partial charge in [0.05, 0.1) is 12.0 Å². The molecular formula is C17H26N2O2. The van der Waals surface area contributed by atoms with E-state index in [-0.39, 0.29) is 5.41 Å². The van der Waals surface area contributed by atoms with Crippen LogP contribution in [0.1, 0.15) is 44.6 Å². The summed E-state index contributed by atoms with van der Waals surface area (Å²) in [6.45, 7) is 8.67. The lowest BCUT2D eigenvalue weighted by molar-refractivity contribution is -0.145. The monoisotopic (exact) mass is 290 g/mol. The van der Waals surface area contributed by atoms with Gasteiger partial charge in [-0.15, -0.1) is 0 Å². The van der Waals surface area contributed by atoms with Gasteiger partial charge >= 0.3 is 0 Å². The molecule has 1 saturated heterocycles. The molecule has 3 rings (SSSR count). The molecule has 1 aromatic rings. The van der Waals surface area contributed by atoms with Crippen molar-refractivity contribution >= 4 is 5.91 Å². The number of amides is 1. The molecule has 1 N–H and O–H groups in total. The van der Waals surface area contributed by atoms with Crippen molar-refractivity contribution in [2.24, 2.45) is 11.3 Å². The van der Waals surface area contributed by atoms with Gasteiger partial charge in [-0.1, -0.05) is 13.8 Å². The van der Waals surface area contributed by atoms with Crippen LogP contribution in [0.3, 0.4) is 0 Å². The van der Waals surface area contributed by atoms with Crippen LogP contribution in [0.5, 0.6) is 0 Å². The molecule has 1 aromatic heterocycles. The van der Waals surface area contributed by atoms with Gasteiger partial charge in [0.15, 0.2) is 0 Å². The SMILES string of the molecule is Cc1ccc(CN(C(=O)C2(C(C)C)CCNC2)C2CC2)o1. The maximum absolute atomic E-state index is 13.2. The zero-order valence-electron chi connectivity index (χ0n) is 13.3. The van der Waals surface area contributed by atoms with Gasteiger partial charge in [0.25, 0.3) is 0 Å². The summed E-state index contributed by atoms with van der Waals surface area (Å²) in [6.07, 6.45) is 3.21. The van der Waals surface area contributed by atoms with E-state index in [4.69, 9.17) is 4.42 Å². The van der Waals surface area contributed by atoms with Crippen molar-refractivity contribution in [2.45, 2.75) is 52.6 Å². The van der Waals surface area contributed by atoms with Crippen molar-refractivity contribution < 1.29 is 9.21 Å². The van der Waals surface area contributed by atoms with Crippen molar-refractivity contribution in [3.8, 4) is 0 Å². The first kappa shape index (κ1) is 14.6. The number of aryl methyl sites for hydroxylation is 1. The molecule has 2 heterocycles. The van der Waals surface area contributed by atoms with Gasteiger partial charge in [0.2, 0.25) is 5.91 Å². The van der Waals surface area contributed by atoms with Gasteiger partial charge in [-0.3, -0.25) is 4.79 Å². The van der Waals surface area contributed by atoms with Gasteiger partial charge in [-0.05, 0) is 50.8 Å². The smallest absolute Gasteiger partial charge is 0.231 e. The molecule has 4 heteroatoms. The Bertz CT molecular complexity index is 511. The molecule has 21 heavy (non-hydrogen) atoms. The van der Waals surface area contributed by atoms with Gasteiger partial charge in [-0.2, -0.15) is 0 Å². The molecule has 2 fully saturated rings. The molecule has 4 nitrogen and oxygen atoms in total. The highest BCUT2D eigenvalue weighted by Crippen LogP contribution is 2.40. The van der Waals surface area contributed by atoms with Crippen LogP contribution in [0, 0.1) is 18.3 Å². The summed E-state index contributed by atoms with van der Waals surface area (Å²) in [7, 11) is 0. The average molecular weight is 290 g/mol. The van der Waals surface area contributed by atoms with Crippen LogP contribution in [-0.2, 0) is 11.3 Å². The molecule has 116 valence electrons. The molecule has 1 amide bonds. The van der Waals surface area contributed by atoms with Gasteiger partial charge < -0.3 is 14.6 Å². The van der Waals surface area contributed by atoms with Gasteiger partial charge in [0.1, 0.15) is 11.5 Å². The molecular weight excluding hydrogens is 264 g/mol. The Balaban J connectivity index is 1.81. The molecule has 1 saturated carbocycles. The van der Waals surface area contributed by atoms with E-state index in [1.54, 1.807) is 0 Å². The van der Waals surface area contributed by atoms with E-state index in [0.717, 1.165) is 43.9 Å². The fourth-order valence-electron chi connectivity index (χ4n) is 3.41. The predicted molar refractivity (Wildman–Crippen MR) is 81.8 cm³/mol. The summed E-state index contributed by atoms with van der Waals surface area (Å²) in [6, 6.07) is 4.38. The van der Waals surface area contributed by atoms with Crippen LogP contribution in [0.15, 0.2) is 16.5 Å². The van der Waals surface area contributed by atoms with E-state index in [1.165, 1.54) is 0 Å². The topological polar surface area (TPSA) is 45.5 Å². The van der Waals surface area contributed by atoms with Crippen molar-refractivity contribution in [1.29, 1.82) is 0 Å². The number of rotatable bonds is 5. The summed E-state index contributed by atoms with van der Waals surface area (Å²) < 4.78 is 5.69. The molecule has 0 spiro atoms. The highest BCUT2D eigenvalue weighted by atomic mass is 16.3. The maximum Gasteiger partial charge on any atom is 0.231 e. The quantitative estimate of drug-likeness (QED) is 0.907. The molecule has 1 atom stereocenters. The Morgan fingerprint density at radius 1 is 1.48 bits per heavy atom. The summed E-state index contributed by atoms with van der Waals surface area (Å²) in [5, 5.41) is 3.39. The van der Waals surface area contributed by atoms with Crippen molar-refractivity contribution in [1.82, 2.24) is 10.2 Å². The van der Waals surface area contributed by atoms with Crippen LogP contribution < -0.4 is 5.32 Å². The lowest BCUT2D eigenvalue weighted by Crippen LogP contribution is -2.48. The van der Waals surface area contributed by atoms with E-state index in [0.29, 0.717) is 24.4 Å². The summed E-state index contributed by atoms with van der Waals surface area (Å²) in [5.74, 6) is 2.49. The van der Waals surface area contributed by atoms with Crippen molar-refractivity contribution in [3.63, 3.8) is 0 Å². The zero-order valence-corrected chi connectivity index (χ0v) is 13.3. The van der Waals surface area contributed by atoms with E-state index < -0.39 is 0 Å². The van der Waals surface area contributed by atoms with Gasteiger partial charge in [-0.25, -0.2) is 0 Å². The molecule has 1 unspecified atom stereocenters. The number of carbonyl (C=O) groups is 1. The molecule has 0 aromatic carbocycles. The largest absolute Gasteiger partial charge is 0.464 e. The van der Waals surface area contributed by atoms with Crippen LogP contribution >= 0.6 is 0 Å². The maximum atomic E-state index is 13.2. The number of nitrogens with one attached hydrogen (secondary N) is 1. The van der Waals surface area contributed by atoms with E-state index >= 15 is 0 Å². The Morgan fingerprint density at radius 2 is 2.24 bits per heavy atom. The van der Waals surface area contributed by atoms with Crippen LogP contribution in [0.25, 0.3) is 0 Å². The molecule has 0 radical (unpaired) electrons. The van der Waals surface area contributed by atoms with Crippen molar-refractivity contribution in [3.05, 3.63) is 23.7 Å². The van der Waals surface area contributed by atoms with E-state index in [1.807, 2.05) is 19.1 Å². The Kier molecular flexibility index (Phi) is 3.82. The minimum absolute atomic E-state index is 0.232. The number of hydrogen-bond acceptors (Lipinski definition) is 3. The second-order valence-corrected chi connectivity index (χ2v) is 6.91. The summed E-state index contributed by atoms with van der Waals surface area (Å²) >= 11 is 0. The standard InChI is InChI=1S/C17H26N2O2/c1-12(2)17(8-9-18-11-17)16(20)19(14-5-6-14)10-15-7-4-13(3)21-15/h4,7,12,14,18H,5-6,8-11H2,1-3H3. The second kappa shape index (κ2) is 5.48. The highest BCUT2D eigenvalue weighted by Gasteiger charge is 2.48. The first-order chi connectivity index (χ1) is 10.0. The number of furan rings is 1. The third-order valence-corrected chi connectivity index (χ3v) is 5.09. The third-order valence-electron chi connectivity index (χ3n) is 5.09. The molecule has 1 aliphatic heterocycles. The zero-order chi connectivity index (χ0) is 15.0. The predicted octanol–water partition coefficient (Wildman–Crippen LogP) is 2.71. The second-order valence-electron chi connectivity index (χ2n) is 6.91. The fourth-order valence-corrected chi connectivity index (χ4v) is 3.41. The Labute approximate surface area is 126 Å². The van der Waals surface area contributed by atoms with Crippen molar-refractivity contribution in [2.75, 3.05) is 13.1 Å². The lowest BCUT2D eigenvalue weighted by atomic mass is 9.75. The van der Waals surface area contributed by atoms with Crippen LogP contribution in [-0.4, -0.2) is 29.9 Å². The Morgan fingerprint density at radius 3 is 2.71 bits per heavy atom. The number of carbonyl (C=O) groups excluding carboxylic acids is 1. The minimum atomic E-state index is -0.232. The van der Waals surface area contributed by atoms with Crippen LogP contribution in [0.2, 0.25) is 0 Å². The molecule has 2 aliphatic rings. The summed E-state index contributed by atoms with van der Waals surface area (Å²) in [4.78, 5) is 15.3. The first-order valence-corrected chi connectivity index (χ1v) is 8.10. The number of hydrogen-bond donors (Lipinski definition) is 1. The Hall–Kier alpha value is -1.29. The lowest BCUT2D eigenvalue weighted by Gasteiger charge is -2.36. The van der Waals surface area contributed by atoms with Gasteiger partial charge in [0, 0.05) is 12.6 Å². The van der Waals surface area contributed by atoms with E-state index in [2.05, 4.69) is 24.1 Å². The third kappa shape index (κ3) is 2.73. The normalized spacial score (nSPS) is 25.5. The number of nitrogens with zero attached hydrogens (tertiary/aromatic N) is 1. The molecule has 0 bridgehead atoms. The molecule has 1 aliphatic carbocycles. The average Bonchev–Trinajstić information content (AvgIpc) is 3.00. The fraction of sp³-hybridized carbons (Fsp3) is 0.706. The van der Waals surface area contributed by atoms with E-state index in [9.17, 15) is 4.79 Å².